The van der Waals surface area contributed by atoms with Crippen molar-refractivity contribution < 1.29 is 83.8 Å². The van der Waals surface area contributed by atoms with Crippen molar-refractivity contribution in [3.63, 3.8) is 0 Å². The van der Waals surface area contributed by atoms with Crippen LogP contribution in [0.2, 0.25) is 0 Å². The Morgan fingerprint density at radius 2 is 0.649 bits per heavy atom. The van der Waals surface area contributed by atoms with Gasteiger partial charge in [-0.05, 0) is 25.7 Å². The van der Waals surface area contributed by atoms with Gasteiger partial charge in [0, 0.05) is 25.0 Å². The summed E-state index contributed by atoms with van der Waals surface area (Å²) in [5, 5.41) is 0. The number of alkyl halides is 18. The van der Waals surface area contributed by atoms with Crippen LogP contribution in [0.15, 0.2) is 0 Å². The first kappa shape index (κ1) is 35.7. The molecule has 0 rings (SSSR count). The maximum Gasteiger partial charge on any atom is 0.437 e. The highest BCUT2D eigenvalue weighted by atomic mass is 19.4. The Balaban J connectivity index is 4.97. The Kier molecular flexibility index (Phi) is 10.7. The Morgan fingerprint density at radius 3 is 0.838 bits per heavy atom. The first-order valence-electron chi connectivity index (χ1n) is 10.0. The predicted octanol–water partition coefficient (Wildman–Crippen LogP) is 8.77. The number of ether oxygens (including phenoxy) is 1. The van der Waals surface area contributed by atoms with Gasteiger partial charge in [-0.3, -0.25) is 0 Å². The lowest BCUT2D eigenvalue weighted by Crippen LogP contribution is -2.66. The van der Waals surface area contributed by atoms with Crippen molar-refractivity contribution in [3.8, 4) is 0 Å². The first-order chi connectivity index (χ1) is 16.0. The molecular formula is C18H20F18O. The molecule has 2 unspecified atom stereocenters. The van der Waals surface area contributed by atoms with Gasteiger partial charge in [-0.15, -0.1) is 0 Å². The number of hydrogen-bond donors (Lipinski definition) is 0. The summed E-state index contributed by atoms with van der Waals surface area (Å²) >= 11 is 0. The second kappa shape index (κ2) is 11.1. The van der Waals surface area contributed by atoms with Crippen LogP contribution in [0.3, 0.4) is 0 Å². The Morgan fingerprint density at radius 1 is 0.432 bits per heavy atom. The van der Waals surface area contributed by atoms with Gasteiger partial charge in [0.25, 0.3) is 0 Å². The lowest BCUT2D eigenvalue weighted by atomic mass is 9.84. The molecule has 0 radical (unpaired) electrons. The van der Waals surface area contributed by atoms with E-state index >= 15 is 0 Å². The summed E-state index contributed by atoms with van der Waals surface area (Å²) in [7, 11) is 0. The molecule has 0 spiro atoms. The van der Waals surface area contributed by atoms with Crippen molar-refractivity contribution in [1.82, 2.24) is 0 Å². The molecule has 2 atom stereocenters. The number of rotatable bonds is 12. The van der Waals surface area contributed by atoms with Crippen LogP contribution in [0.25, 0.3) is 0 Å². The molecule has 1 nitrogen and oxygen atoms in total. The smallest absolute Gasteiger partial charge is 0.381 e. The van der Waals surface area contributed by atoms with Crippen LogP contribution < -0.4 is 0 Å². The third-order valence-corrected chi connectivity index (χ3v) is 5.57. The summed E-state index contributed by atoms with van der Waals surface area (Å²) in [6.45, 7) is -1.14. The highest BCUT2D eigenvalue weighted by Gasteiger charge is 2.86. The molecule has 0 aromatic carbocycles. The van der Waals surface area contributed by atoms with Gasteiger partial charge in [0.1, 0.15) is 0 Å². The summed E-state index contributed by atoms with van der Waals surface area (Å²) < 4.78 is 238. The van der Waals surface area contributed by atoms with E-state index < -0.39 is 98.6 Å². The fraction of sp³-hybridized carbons (Fsp3) is 1.00. The molecule has 0 fully saturated rings. The molecule has 0 heterocycles. The normalized spacial score (nSPS) is 17.2. The van der Waals surface area contributed by atoms with E-state index in [1.165, 1.54) is 0 Å². The molecule has 0 bridgehead atoms. The molecule has 0 N–H and O–H groups in total. The second-order valence-electron chi connectivity index (χ2n) is 8.25. The van der Waals surface area contributed by atoms with E-state index in [9.17, 15) is 79.0 Å². The van der Waals surface area contributed by atoms with Crippen LogP contribution in [0.1, 0.15) is 39.5 Å². The molecule has 0 aromatic heterocycles. The third kappa shape index (κ3) is 6.65. The topological polar surface area (TPSA) is 9.23 Å². The third-order valence-electron chi connectivity index (χ3n) is 5.57. The highest BCUT2D eigenvalue weighted by molar-refractivity contribution is 5.08. The molecule has 0 saturated carbocycles. The van der Waals surface area contributed by atoms with Gasteiger partial charge in [0.2, 0.25) is 0 Å². The van der Waals surface area contributed by atoms with Crippen molar-refractivity contribution in [2.24, 2.45) is 11.8 Å². The monoisotopic (exact) mass is 594 g/mol. The molecule has 0 aliphatic carbocycles. The largest absolute Gasteiger partial charge is 0.437 e. The van der Waals surface area contributed by atoms with Crippen molar-refractivity contribution in [1.29, 1.82) is 0 Å². The Hall–Kier alpha value is -1.30. The molecule has 0 saturated heterocycles. The van der Waals surface area contributed by atoms with Crippen LogP contribution in [-0.4, -0.2) is 61.1 Å². The van der Waals surface area contributed by atoms with E-state index in [0.717, 1.165) is 0 Å². The minimum atomic E-state index is -7.03. The Labute approximate surface area is 197 Å². The average Bonchev–Trinajstić information content (AvgIpc) is 2.67. The zero-order valence-corrected chi connectivity index (χ0v) is 18.6. The molecule has 37 heavy (non-hydrogen) atoms. The van der Waals surface area contributed by atoms with Crippen LogP contribution in [0.4, 0.5) is 79.0 Å². The van der Waals surface area contributed by atoms with Crippen molar-refractivity contribution in [3.05, 3.63) is 0 Å². The van der Waals surface area contributed by atoms with Crippen molar-refractivity contribution >= 4 is 0 Å². The maximum absolute atomic E-state index is 13.8. The summed E-state index contributed by atoms with van der Waals surface area (Å²) in [5.41, 5.74) is -13.8. The molecule has 0 aliphatic rings. The van der Waals surface area contributed by atoms with E-state index in [1.54, 1.807) is 0 Å². The van der Waals surface area contributed by atoms with E-state index in [2.05, 4.69) is 4.74 Å². The fourth-order valence-corrected chi connectivity index (χ4v) is 3.20. The van der Waals surface area contributed by atoms with Crippen LogP contribution in [-0.2, 0) is 4.74 Å². The minimum absolute atomic E-state index is 0.181. The van der Waals surface area contributed by atoms with Crippen molar-refractivity contribution in [2.45, 2.75) is 87.4 Å². The summed E-state index contributed by atoms with van der Waals surface area (Å²) in [4.78, 5) is 0. The van der Waals surface area contributed by atoms with E-state index in [-0.39, 0.29) is 13.8 Å². The van der Waals surface area contributed by atoms with Gasteiger partial charge in [-0.2, -0.15) is 52.7 Å². The van der Waals surface area contributed by atoms with Gasteiger partial charge in [0.05, 0.1) is 0 Å². The SMILES string of the molecule is CC(CCCOCCCC(C)C(F)(F)C(F)(C(F)(F)F)C(F)(F)F)C(F)(F)C(F)(C(F)(F)F)C(F)(F)F. The zero-order chi connectivity index (χ0) is 30.1. The Bertz CT molecular complexity index is 628. The van der Waals surface area contributed by atoms with Gasteiger partial charge < -0.3 is 4.74 Å². The molecule has 0 aliphatic heterocycles. The summed E-state index contributed by atoms with van der Waals surface area (Å²) in [6, 6.07) is 0. The maximum atomic E-state index is 13.8. The molecule has 0 aromatic rings. The lowest BCUT2D eigenvalue weighted by Gasteiger charge is -2.39. The average molecular weight is 594 g/mol. The van der Waals surface area contributed by atoms with Crippen LogP contribution in [0, 0.1) is 11.8 Å². The van der Waals surface area contributed by atoms with E-state index in [4.69, 9.17) is 0 Å². The van der Waals surface area contributed by atoms with Gasteiger partial charge in [-0.1, -0.05) is 13.8 Å². The molecular weight excluding hydrogens is 574 g/mol. The lowest BCUT2D eigenvalue weighted by molar-refractivity contribution is -0.405. The molecule has 19 heteroatoms. The minimum Gasteiger partial charge on any atom is -0.381 e. The molecule has 224 valence electrons. The number of hydrogen-bond acceptors (Lipinski definition) is 1. The van der Waals surface area contributed by atoms with Gasteiger partial charge >= 0.3 is 47.9 Å². The zero-order valence-electron chi connectivity index (χ0n) is 18.6. The second-order valence-corrected chi connectivity index (χ2v) is 8.25. The standard InChI is InChI=1S/C18H20F18O/c1-9(11(19,20)13(23,15(25,26)27)16(28,29)30)5-3-7-37-8-4-6-10(2)12(21,22)14(24,17(31,32)33)18(34,35)36/h9-10H,3-8H2,1-2H3. The fourth-order valence-electron chi connectivity index (χ4n) is 3.20. The van der Waals surface area contributed by atoms with Crippen LogP contribution in [0.5, 0.6) is 0 Å². The molecule has 0 amide bonds. The van der Waals surface area contributed by atoms with Gasteiger partial charge in [0.15, 0.2) is 0 Å². The van der Waals surface area contributed by atoms with Gasteiger partial charge in [-0.25, -0.2) is 26.3 Å². The van der Waals surface area contributed by atoms with E-state index in [1.807, 2.05) is 0 Å². The van der Waals surface area contributed by atoms with Crippen molar-refractivity contribution in [2.75, 3.05) is 13.2 Å². The predicted molar refractivity (Wildman–Crippen MR) is 89.4 cm³/mol. The number of halogens is 18. The highest BCUT2D eigenvalue weighted by Crippen LogP contribution is 2.58. The quantitative estimate of drug-likeness (QED) is 0.162. The first-order valence-corrected chi connectivity index (χ1v) is 10.0. The van der Waals surface area contributed by atoms with E-state index in [0.29, 0.717) is 0 Å². The van der Waals surface area contributed by atoms with Crippen LogP contribution >= 0.6 is 0 Å². The summed E-state index contributed by atoms with van der Waals surface area (Å²) in [6.07, 6.45) is -32.0. The summed E-state index contributed by atoms with van der Waals surface area (Å²) in [5.74, 6) is -17.7.